The molecule has 12 heteroatoms. The Morgan fingerprint density at radius 3 is 2.68 bits per heavy atom. The first-order valence-electron chi connectivity index (χ1n) is 10.5. The highest BCUT2D eigenvalue weighted by atomic mass is 32.2. The van der Waals surface area contributed by atoms with Crippen LogP contribution in [0.5, 0.6) is 0 Å². The summed E-state index contributed by atoms with van der Waals surface area (Å²) in [4.78, 5) is 20.8. The number of primary sulfonamides is 1. The van der Waals surface area contributed by atoms with Crippen LogP contribution in [0.2, 0.25) is 0 Å². The highest BCUT2D eigenvalue weighted by Crippen LogP contribution is 2.40. The lowest BCUT2D eigenvalue weighted by molar-refractivity contribution is -0.172. The molecule has 0 saturated carbocycles. The van der Waals surface area contributed by atoms with Crippen molar-refractivity contribution in [1.29, 1.82) is 0 Å². The van der Waals surface area contributed by atoms with Gasteiger partial charge in [-0.15, -0.1) is 0 Å². The van der Waals surface area contributed by atoms with Crippen LogP contribution in [-0.2, 0) is 24.3 Å². The predicted octanol–water partition coefficient (Wildman–Crippen LogP) is 3.02. The molecule has 4 rings (SSSR count). The molecule has 0 amide bonds. The van der Waals surface area contributed by atoms with Gasteiger partial charge in [0, 0.05) is 29.5 Å². The van der Waals surface area contributed by atoms with E-state index in [1.54, 1.807) is 37.7 Å². The number of halogens is 2. The molecule has 182 valence electrons. The lowest BCUT2D eigenvalue weighted by Crippen LogP contribution is -2.38. The van der Waals surface area contributed by atoms with Crippen LogP contribution in [0.15, 0.2) is 41.9 Å². The largest absolute Gasteiger partial charge is 0.460 e. The molecular weight excluding hydrogens is 470 g/mol. The van der Waals surface area contributed by atoms with Gasteiger partial charge in [-0.25, -0.2) is 32.3 Å². The number of hydrogen-bond acceptors (Lipinski definition) is 7. The van der Waals surface area contributed by atoms with Crippen molar-refractivity contribution in [3.05, 3.63) is 54.0 Å². The SMILES string of the molecule is CC(C)(C)OC(=O)[C@H]1C[C@@H](n2cc3cnc(S(N)(=O)=O)nc3c2)CO[C@H]1c1cc(F)ccc1F. The number of rotatable bonds is 4. The normalized spacial score (nSPS) is 21.5. The lowest BCUT2D eigenvalue weighted by atomic mass is 9.87. The lowest BCUT2D eigenvalue weighted by Gasteiger charge is -2.37. The highest BCUT2D eigenvalue weighted by molar-refractivity contribution is 7.89. The maximum atomic E-state index is 14.5. The van der Waals surface area contributed by atoms with Crippen LogP contribution in [0.1, 0.15) is 44.9 Å². The number of carbonyl (C=O) groups excluding carboxylic acids is 1. The van der Waals surface area contributed by atoms with E-state index >= 15 is 0 Å². The molecule has 1 aliphatic rings. The Morgan fingerprint density at radius 2 is 2.00 bits per heavy atom. The summed E-state index contributed by atoms with van der Waals surface area (Å²) in [6.07, 6.45) is 3.77. The summed E-state index contributed by atoms with van der Waals surface area (Å²) < 4.78 is 64.7. The molecule has 1 aliphatic heterocycles. The molecule has 1 fully saturated rings. The quantitative estimate of drug-likeness (QED) is 0.436. The minimum absolute atomic E-state index is 0.0596. The molecular formula is C22H24F2N4O5S. The Kier molecular flexibility index (Phi) is 6.17. The first kappa shape index (κ1) is 24.2. The minimum atomic E-state index is -4.08. The fourth-order valence-corrected chi connectivity index (χ4v) is 4.36. The van der Waals surface area contributed by atoms with Crippen LogP contribution in [0, 0.1) is 17.6 Å². The first-order valence-corrected chi connectivity index (χ1v) is 12.0. The zero-order valence-electron chi connectivity index (χ0n) is 18.7. The molecule has 0 bridgehead atoms. The van der Waals surface area contributed by atoms with Crippen LogP contribution in [0.3, 0.4) is 0 Å². The molecule has 9 nitrogen and oxygen atoms in total. The van der Waals surface area contributed by atoms with E-state index in [9.17, 15) is 22.0 Å². The molecule has 3 heterocycles. The molecule has 3 atom stereocenters. The number of nitrogens with two attached hydrogens (primary N) is 1. The van der Waals surface area contributed by atoms with Crippen molar-refractivity contribution in [3.63, 3.8) is 0 Å². The second-order valence-corrected chi connectivity index (χ2v) is 10.6. The minimum Gasteiger partial charge on any atom is -0.460 e. The predicted molar refractivity (Wildman–Crippen MR) is 117 cm³/mol. The van der Waals surface area contributed by atoms with Crippen molar-refractivity contribution < 1.29 is 31.5 Å². The van der Waals surface area contributed by atoms with Crippen molar-refractivity contribution in [2.75, 3.05) is 6.61 Å². The summed E-state index contributed by atoms with van der Waals surface area (Å²) >= 11 is 0. The van der Waals surface area contributed by atoms with Crippen molar-refractivity contribution in [1.82, 2.24) is 14.5 Å². The molecule has 0 aliphatic carbocycles. The number of sulfonamides is 1. The first-order chi connectivity index (χ1) is 15.8. The molecule has 1 saturated heterocycles. The molecule has 3 aromatic rings. The molecule has 0 radical (unpaired) electrons. The van der Waals surface area contributed by atoms with Gasteiger partial charge in [0.25, 0.3) is 15.2 Å². The van der Waals surface area contributed by atoms with Gasteiger partial charge in [0.1, 0.15) is 17.2 Å². The third-order valence-corrected chi connectivity index (χ3v) is 6.10. The fraction of sp³-hybridized carbons (Fsp3) is 0.409. The molecule has 0 unspecified atom stereocenters. The van der Waals surface area contributed by atoms with Crippen LogP contribution in [0.4, 0.5) is 8.78 Å². The van der Waals surface area contributed by atoms with Crippen molar-refractivity contribution in [3.8, 4) is 0 Å². The van der Waals surface area contributed by atoms with Gasteiger partial charge < -0.3 is 14.0 Å². The summed E-state index contributed by atoms with van der Waals surface area (Å²) in [6.45, 7) is 5.22. The summed E-state index contributed by atoms with van der Waals surface area (Å²) in [5, 5.41) is 5.15. The van der Waals surface area contributed by atoms with Crippen molar-refractivity contribution >= 4 is 26.9 Å². The maximum absolute atomic E-state index is 14.5. The number of hydrogen-bond donors (Lipinski definition) is 1. The van der Waals surface area contributed by atoms with Crippen molar-refractivity contribution in [2.24, 2.45) is 11.1 Å². The highest BCUT2D eigenvalue weighted by Gasteiger charge is 2.41. The zero-order valence-corrected chi connectivity index (χ0v) is 19.6. The Bertz CT molecular complexity index is 1350. The molecule has 1 aromatic carbocycles. The molecule has 34 heavy (non-hydrogen) atoms. The summed E-state index contributed by atoms with van der Waals surface area (Å²) in [6, 6.07) is 2.62. The van der Waals surface area contributed by atoms with E-state index in [0.717, 1.165) is 18.2 Å². The number of aromatic nitrogens is 3. The van der Waals surface area contributed by atoms with Gasteiger partial charge in [-0.05, 0) is 45.4 Å². The Morgan fingerprint density at radius 1 is 1.26 bits per heavy atom. The fourth-order valence-electron chi connectivity index (χ4n) is 3.94. The number of nitrogens with zero attached hydrogens (tertiary/aromatic N) is 3. The van der Waals surface area contributed by atoms with E-state index in [2.05, 4.69) is 9.97 Å². The van der Waals surface area contributed by atoms with E-state index in [1.807, 2.05) is 0 Å². The Hall–Kier alpha value is -2.96. The molecule has 2 N–H and O–H groups in total. The summed E-state index contributed by atoms with van der Waals surface area (Å²) in [7, 11) is -4.08. The van der Waals surface area contributed by atoms with Crippen LogP contribution < -0.4 is 5.14 Å². The van der Waals surface area contributed by atoms with E-state index < -0.39 is 56.4 Å². The zero-order chi connectivity index (χ0) is 24.8. The second-order valence-electron chi connectivity index (χ2n) is 9.19. The van der Waals surface area contributed by atoms with Crippen molar-refractivity contribution in [2.45, 2.75) is 50.1 Å². The standard InChI is InChI=1S/C22H24F2N4O5S/c1-22(2,3)33-20(29)16-7-14(11-32-19(16)15-6-13(23)4-5-17(15)24)28-9-12-8-26-21(34(25,30)31)27-18(12)10-28/h4-6,8-10,14,16,19H,7,11H2,1-3H3,(H2,25,30,31)/t14-,16+,19+/m1/s1. The smallest absolute Gasteiger partial charge is 0.312 e. The Balaban J connectivity index is 1.68. The van der Waals surface area contributed by atoms with Gasteiger partial charge in [0.2, 0.25) is 0 Å². The topological polar surface area (TPSA) is 126 Å². The third-order valence-electron chi connectivity index (χ3n) is 5.40. The third kappa shape index (κ3) is 5.08. The number of esters is 1. The van der Waals surface area contributed by atoms with Gasteiger partial charge in [-0.2, -0.15) is 0 Å². The summed E-state index contributed by atoms with van der Waals surface area (Å²) in [5.74, 6) is -2.86. The van der Waals surface area contributed by atoms with Gasteiger partial charge in [-0.1, -0.05) is 0 Å². The monoisotopic (exact) mass is 494 g/mol. The average molecular weight is 495 g/mol. The van der Waals surface area contributed by atoms with Crippen LogP contribution in [-0.4, -0.2) is 41.1 Å². The van der Waals surface area contributed by atoms with E-state index in [0.29, 0.717) is 10.9 Å². The van der Waals surface area contributed by atoms with E-state index in [4.69, 9.17) is 14.6 Å². The van der Waals surface area contributed by atoms with E-state index in [1.165, 1.54) is 6.20 Å². The Labute approximate surface area is 194 Å². The van der Waals surface area contributed by atoms with Gasteiger partial charge in [0.15, 0.2) is 0 Å². The van der Waals surface area contributed by atoms with Gasteiger partial charge >= 0.3 is 5.97 Å². The van der Waals surface area contributed by atoms with E-state index in [-0.39, 0.29) is 18.6 Å². The van der Waals surface area contributed by atoms with Crippen LogP contribution >= 0.6 is 0 Å². The van der Waals surface area contributed by atoms with Crippen LogP contribution in [0.25, 0.3) is 10.9 Å². The molecule has 2 aromatic heterocycles. The maximum Gasteiger partial charge on any atom is 0.312 e. The average Bonchev–Trinajstić information content (AvgIpc) is 3.17. The van der Waals surface area contributed by atoms with Gasteiger partial charge in [0.05, 0.1) is 30.2 Å². The van der Waals surface area contributed by atoms with Gasteiger partial charge in [-0.3, -0.25) is 4.79 Å². The number of fused-ring (bicyclic) bond motifs is 1. The molecule has 0 spiro atoms. The number of carbonyl (C=O) groups is 1. The number of ether oxygens (including phenoxy) is 2. The number of benzene rings is 1. The second kappa shape index (κ2) is 8.67. The summed E-state index contributed by atoms with van der Waals surface area (Å²) in [5.41, 5.74) is -0.515.